The molecule has 0 saturated carbocycles. The number of thioether (sulfide) groups is 1. The maximum absolute atomic E-state index is 15.4. The Morgan fingerprint density at radius 1 is 0.893 bits per heavy atom. The van der Waals surface area contributed by atoms with Gasteiger partial charge < -0.3 is 0 Å². The number of hydrogen-bond donors (Lipinski definition) is 1. The third-order valence-electron chi connectivity index (χ3n) is 4.22. The first-order valence-electron chi connectivity index (χ1n) is 8.95. The first kappa shape index (κ1) is 21.0. The lowest BCUT2D eigenvalue weighted by Crippen LogP contribution is -2.42. The van der Waals surface area contributed by atoms with Gasteiger partial charge in [-0.25, -0.2) is 8.93 Å². The lowest BCUT2D eigenvalue weighted by Gasteiger charge is -2.30. The van der Waals surface area contributed by atoms with Crippen molar-refractivity contribution < 1.29 is 13.0 Å². The summed E-state index contributed by atoms with van der Waals surface area (Å²) >= 11 is 0.477. The van der Waals surface area contributed by atoms with Crippen LogP contribution >= 0.6 is 11.8 Å². The van der Waals surface area contributed by atoms with E-state index in [1.807, 2.05) is 30.3 Å². The van der Waals surface area contributed by atoms with Crippen LogP contribution in [-0.4, -0.2) is 14.2 Å². The van der Waals surface area contributed by atoms with Gasteiger partial charge in [0.05, 0.1) is 15.7 Å². The van der Waals surface area contributed by atoms with E-state index < -0.39 is 27.0 Å². The van der Waals surface area contributed by atoms with E-state index in [1.54, 1.807) is 63.2 Å². The maximum atomic E-state index is 15.4. The molecule has 2 unspecified atom stereocenters. The molecule has 148 valence electrons. The lowest BCUT2D eigenvalue weighted by molar-refractivity contribution is 0.0685. The quantitative estimate of drug-likeness (QED) is 0.474. The van der Waals surface area contributed by atoms with E-state index >= 15 is 8.78 Å². The summed E-state index contributed by atoms with van der Waals surface area (Å²) in [6.45, 7) is 5.28. The van der Waals surface area contributed by atoms with Gasteiger partial charge in [-0.3, -0.25) is 0 Å². The van der Waals surface area contributed by atoms with E-state index in [4.69, 9.17) is 0 Å². The Morgan fingerprint density at radius 3 is 2.14 bits per heavy atom. The van der Waals surface area contributed by atoms with Gasteiger partial charge in [0.25, 0.3) is 0 Å². The van der Waals surface area contributed by atoms with Crippen LogP contribution in [0.25, 0.3) is 10.8 Å². The third kappa shape index (κ3) is 4.99. The minimum atomic E-state index is -3.20. The largest absolute Gasteiger partial charge is 0.318 e. The van der Waals surface area contributed by atoms with Crippen LogP contribution in [0.3, 0.4) is 0 Å². The summed E-state index contributed by atoms with van der Waals surface area (Å²) in [5.41, 5.74) is 0.407. The van der Waals surface area contributed by atoms with Crippen LogP contribution in [0.15, 0.2) is 77.7 Å². The molecule has 0 fully saturated rings. The number of nitrogens with one attached hydrogen (secondary N) is 1. The molecule has 3 aromatic rings. The second-order valence-electron chi connectivity index (χ2n) is 7.52. The highest BCUT2D eigenvalue weighted by molar-refractivity contribution is 8.00. The summed E-state index contributed by atoms with van der Waals surface area (Å²) in [5.74, 6) is 0. The van der Waals surface area contributed by atoms with Crippen molar-refractivity contribution in [2.45, 2.75) is 41.7 Å². The molecule has 3 rings (SSSR count). The van der Waals surface area contributed by atoms with E-state index in [0.29, 0.717) is 22.2 Å². The van der Waals surface area contributed by atoms with Gasteiger partial charge in [-0.05, 0) is 55.3 Å². The van der Waals surface area contributed by atoms with Gasteiger partial charge in [0, 0.05) is 4.90 Å². The minimum absolute atomic E-state index is 0.407. The molecule has 0 aliphatic rings. The highest BCUT2D eigenvalue weighted by Gasteiger charge is 2.44. The predicted octanol–water partition coefficient (Wildman–Crippen LogP) is 6.32. The van der Waals surface area contributed by atoms with E-state index in [2.05, 4.69) is 4.72 Å². The molecule has 0 aliphatic heterocycles. The van der Waals surface area contributed by atoms with Crippen LogP contribution in [-0.2, 0) is 11.0 Å². The van der Waals surface area contributed by atoms with Crippen molar-refractivity contribution in [2.24, 2.45) is 0 Å². The molecule has 3 aromatic carbocycles. The predicted molar refractivity (Wildman–Crippen MR) is 115 cm³/mol. The van der Waals surface area contributed by atoms with E-state index in [-0.39, 0.29) is 0 Å². The summed E-state index contributed by atoms with van der Waals surface area (Å²) in [4.78, 5) is 0.460. The summed E-state index contributed by atoms with van der Waals surface area (Å²) in [7, 11) is -1.65. The van der Waals surface area contributed by atoms with Gasteiger partial charge in [-0.2, -0.15) is 8.78 Å². The zero-order valence-corrected chi connectivity index (χ0v) is 17.6. The minimum Gasteiger partial charge on any atom is -0.242 e. The van der Waals surface area contributed by atoms with Crippen LogP contribution in [0.1, 0.15) is 32.4 Å². The van der Waals surface area contributed by atoms with Crippen molar-refractivity contribution in [3.63, 3.8) is 0 Å². The zero-order chi connectivity index (χ0) is 20.4. The molecule has 0 aliphatic carbocycles. The fourth-order valence-corrected chi connectivity index (χ4v) is 4.55. The van der Waals surface area contributed by atoms with Crippen molar-refractivity contribution in [2.75, 3.05) is 0 Å². The first-order chi connectivity index (χ1) is 13.2. The Balaban J connectivity index is 2.01. The van der Waals surface area contributed by atoms with Gasteiger partial charge in [-0.1, -0.05) is 66.4 Å². The molecule has 0 bridgehead atoms. The molecule has 1 N–H and O–H groups in total. The molecule has 6 heteroatoms. The summed E-state index contributed by atoms with van der Waals surface area (Å²) in [6.07, 6.45) is 0. The molecule has 0 aromatic heterocycles. The highest BCUT2D eigenvalue weighted by atomic mass is 32.2. The smallest absolute Gasteiger partial charge is 0.242 e. The average Bonchev–Trinajstić information content (AvgIpc) is 2.65. The average molecular weight is 420 g/mol. The molecule has 0 amide bonds. The Hall–Kier alpha value is -1.76. The standard InChI is InChI=1S/C22H23F2NOS2/c1-21(2,3)28(26)25-20(22(23,24)27-19-11-5-4-6-12-19)18-14-13-16-9-7-8-10-17(16)15-18/h4-15,20,25H,1-3H3. The molecule has 2 nitrogen and oxygen atoms in total. The molecular formula is C22H23F2NOS2. The van der Waals surface area contributed by atoms with Crippen molar-refractivity contribution in [1.29, 1.82) is 0 Å². The van der Waals surface area contributed by atoms with Crippen LogP contribution in [0.4, 0.5) is 8.78 Å². The van der Waals surface area contributed by atoms with E-state index in [1.165, 1.54) is 0 Å². The van der Waals surface area contributed by atoms with Gasteiger partial charge in [0.2, 0.25) is 0 Å². The van der Waals surface area contributed by atoms with E-state index in [0.717, 1.165) is 10.8 Å². The lowest BCUT2D eigenvalue weighted by atomic mass is 10.0. The van der Waals surface area contributed by atoms with Crippen molar-refractivity contribution in [3.8, 4) is 0 Å². The van der Waals surface area contributed by atoms with Crippen LogP contribution in [0.5, 0.6) is 0 Å². The second kappa shape index (κ2) is 8.31. The zero-order valence-electron chi connectivity index (χ0n) is 16.0. The normalized spacial score (nSPS) is 14.8. The number of halogens is 2. The molecule has 28 heavy (non-hydrogen) atoms. The van der Waals surface area contributed by atoms with Crippen molar-refractivity contribution in [3.05, 3.63) is 78.4 Å². The van der Waals surface area contributed by atoms with Crippen molar-refractivity contribution in [1.82, 2.24) is 4.72 Å². The highest BCUT2D eigenvalue weighted by Crippen LogP contribution is 2.45. The number of hydrogen-bond acceptors (Lipinski definition) is 2. The number of rotatable bonds is 6. The molecule has 2 atom stereocenters. The fourth-order valence-electron chi connectivity index (χ4n) is 2.71. The summed E-state index contributed by atoms with van der Waals surface area (Å²) in [5, 5.41) is -1.36. The summed E-state index contributed by atoms with van der Waals surface area (Å²) < 4.78 is 45.5. The van der Waals surface area contributed by atoms with E-state index in [9.17, 15) is 4.21 Å². The van der Waals surface area contributed by atoms with Gasteiger partial charge in [0.1, 0.15) is 6.04 Å². The Labute approximate surface area is 171 Å². The van der Waals surface area contributed by atoms with Crippen LogP contribution < -0.4 is 4.72 Å². The topological polar surface area (TPSA) is 29.1 Å². The van der Waals surface area contributed by atoms with Gasteiger partial charge in [0.15, 0.2) is 0 Å². The van der Waals surface area contributed by atoms with Gasteiger partial charge in [-0.15, -0.1) is 0 Å². The molecule has 0 radical (unpaired) electrons. The maximum Gasteiger partial charge on any atom is 0.318 e. The second-order valence-corrected chi connectivity index (χ2v) is 10.7. The molecule has 0 saturated heterocycles. The summed E-state index contributed by atoms with van der Waals surface area (Å²) in [6, 6.07) is 20.0. The van der Waals surface area contributed by atoms with Gasteiger partial charge >= 0.3 is 5.25 Å². The fraction of sp³-hybridized carbons (Fsp3) is 0.273. The number of fused-ring (bicyclic) bond motifs is 1. The molecule has 0 spiro atoms. The van der Waals surface area contributed by atoms with Crippen LogP contribution in [0.2, 0.25) is 0 Å². The molecule has 0 heterocycles. The van der Waals surface area contributed by atoms with Crippen molar-refractivity contribution >= 4 is 33.5 Å². The Kier molecular flexibility index (Phi) is 6.22. The van der Waals surface area contributed by atoms with Crippen LogP contribution in [0, 0.1) is 0 Å². The number of alkyl halides is 2. The number of benzene rings is 3. The monoisotopic (exact) mass is 419 g/mol. The Morgan fingerprint density at radius 2 is 1.50 bits per heavy atom. The Bertz CT molecular complexity index is 971. The SMILES string of the molecule is CC(C)(C)S(=O)NC(c1ccc2ccccc2c1)C(F)(F)Sc1ccccc1. The third-order valence-corrected chi connectivity index (χ3v) is 6.80. The molecular weight excluding hydrogens is 396 g/mol. The first-order valence-corrected chi connectivity index (χ1v) is 10.9.